The zero-order valence-corrected chi connectivity index (χ0v) is 21.9. The summed E-state index contributed by atoms with van der Waals surface area (Å²) >= 11 is 12.6. The van der Waals surface area contributed by atoms with Crippen LogP contribution < -0.4 is 10.9 Å². The number of rotatable bonds is 4. The summed E-state index contributed by atoms with van der Waals surface area (Å²) in [7, 11) is 0. The Labute approximate surface area is 222 Å². The fraction of sp³-hybridized carbons (Fsp3) is 0.269. The first-order chi connectivity index (χ1) is 17.5. The van der Waals surface area contributed by atoms with Gasteiger partial charge in [0.2, 0.25) is 5.95 Å². The summed E-state index contributed by atoms with van der Waals surface area (Å²) in [6.07, 6.45) is 2.12. The van der Waals surface area contributed by atoms with Crippen molar-refractivity contribution >= 4 is 51.6 Å². The summed E-state index contributed by atoms with van der Waals surface area (Å²) in [5.41, 5.74) is 2.31. The number of anilines is 2. The van der Waals surface area contributed by atoms with Crippen LogP contribution in [0.4, 0.5) is 11.6 Å². The highest BCUT2D eigenvalue weighted by Crippen LogP contribution is 2.28. The molecule has 0 radical (unpaired) electrons. The van der Waals surface area contributed by atoms with Crippen molar-refractivity contribution in [2.45, 2.75) is 39.3 Å². The Morgan fingerprint density at radius 2 is 1.86 bits per heavy atom. The fourth-order valence-corrected chi connectivity index (χ4v) is 4.95. The highest BCUT2D eigenvalue weighted by atomic mass is 35.5. The van der Waals surface area contributed by atoms with Crippen molar-refractivity contribution in [3.05, 3.63) is 79.8 Å². The molecule has 2 aromatic carbocycles. The molecule has 0 saturated heterocycles. The van der Waals surface area contributed by atoms with E-state index in [0.717, 1.165) is 16.8 Å². The van der Waals surface area contributed by atoms with Gasteiger partial charge in [-0.15, -0.1) is 0 Å². The number of halogens is 2. The molecule has 0 aliphatic carbocycles. The maximum absolute atomic E-state index is 13.2. The van der Waals surface area contributed by atoms with Crippen LogP contribution in [0, 0.1) is 6.92 Å². The number of benzene rings is 2. The van der Waals surface area contributed by atoms with Crippen molar-refractivity contribution in [2.24, 2.45) is 0 Å². The molecule has 1 aliphatic heterocycles. The van der Waals surface area contributed by atoms with Gasteiger partial charge < -0.3 is 15.3 Å². The van der Waals surface area contributed by atoms with Crippen LogP contribution in [0.5, 0.6) is 0 Å². The smallest absolute Gasteiger partial charge is 0.282 e. The quantitative estimate of drug-likeness (QED) is 0.400. The molecule has 5 rings (SSSR count). The average molecular weight is 539 g/mol. The van der Waals surface area contributed by atoms with Gasteiger partial charge in [-0.1, -0.05) is 35.3 Å². The molecule has 0 atom stereocenters. The maximum atomic E-state index is 13.2. The third-order valence-corrected chi connectivity index (χ3v) is 6.85. The number of hydrogen-bond acceptors (Lipinski definition) is 7. The second-order valence-corrected chi connectivity index (χ2v) is 10.3. The molecule has 2 N–H and O–H groups in total. The Balaban J connectivity index is 1.43. The topological polar surface area (TPSA) is 113 Å². The molecule has 0 saturated carbocycles. The molecule has 0 spiro atoms. The second-order valence-electron chi connectivity index (χ2n) is 9.47. The molecule has 1 amide bonds. The molecule has 0 unspecified atom stereocenters. The number of aliphatic hydroxyl groups is 1. The van der Waals surface area contributed by atoms with Gasteiger partial charge in [-0.25, -0.2) is 9.97 Å². The van der Waals surface area contributed by atoms with Gasteiger partial charge in [-0.05, 0) is 62.6 Å². The monoisotopic (exact) mass is 538 g/mol. The lowest BCUT2D eigenvalue weighted by Gasteiger charge is -2.33. The number of aryl methyl sites for hydroxylation is 1. The molecule has 1 aliphatic rings. The normalized spacial score (nSPS) is 13.5. The predicted octanol–water partition coefficient (Wildman–Crippen LogP) is 4.19. The van der Waals surface area contributed by atoms with Crippen molar-refractivity contribution in [1.82, 2.24) is 24.6 Å². The molecular formula is C26H24Cl2N6O3. The summed E-state index contributed by atoms with van der Waals surface area (Å²) < 4.78 is 1.17. The lowest BCUT2D eigenvalue weighted by Crippen LogP contribution is -2.47. The first kappa shape index (κ1) is 25.1. The van der Waals surface area contributed by atoms with E-state index in [9.17, 15) is 14.7 Å². The zero-order valence-electron chi connectivity index (χ0n) is 20.4. The van der Waals surface area contributed by atoms with E-state index in [0.29, 0.717) is 52.4 Å². The Kier molecular flexibility index (Phi) is 6.39. The van der Waals surface area contributed by atoms with Gasteiger partial charge in [0.25, 0.3) is 11.5 Å². The summed E-state index contributed by atoms with van der Waals surface area (Å²) in [6, 6.07) is 10.8. The Morgan fingerprint density at radius 3 is 2.57 bits per heavy atom. The molecular weight excluding hydrogens is 515 g/mol. The highest BCUT2D eigenvalue weighted by molar-refractivity contribution is 6.37. The number of para-hydroxylation sites is 1. The fourth-order valence-electron chi connectivity index (χ4n) is 4.39. The van der Waals surface area contributed by atoms with Crippen LogP contribution in [0.15, 0.2) is 47.4 Å². The van der Waals surface area contributed by atoms with Crippen LogP contribution in [0.3, 0.4) is 0 Å². The lowest BCUT2D eigenvalue weighted by molar-refractivity contribution is -0.148. The third-order valence-electron chi connectivity index (χ3n) is 6.24. The van der Waals surface area contributed by atoms with Crippen molar-refractivity contribution in [2.75, 3.05) is 11.9 Å². The standard InChI is InChI=1S/C26H24Cl2N6O3/c1-14-21-18(23(35)34(32-14)22-19(27)5-4-6-20(22)28)12-29-25(31-21)30-17-8-7-16-13-33(10-9-15(16)11-17)24(36)26(2,3)37/h4-8,11-12,37H,9-10,13H2,1-3H3,(H,29,30,31). The number of nitrogens with one attached hydrogen (secondary N) is 1. The van der Waals surface area contributed by atoms with Crippen LogP contribution >= 0.6 is 23.2 Å². The molecule has 0 bridgehead atoms. The molecule has 0 fully saturated rings. The largest absolute Gasteiger partial charge is 0.381 e. The van der Waals surface area contributed by atoms with Crippen LogP contribution in [-0.2, 0) is 17.8 Å². The first-order valence-electron chi connectivity index (χ1n) is 11.6. The molecule has 4 aromatic rings. The van der Waals surface area contributed by atoms with E-state index in [1.807, 2.05) is 18.2 Å². The first-order valence-corrected chi connectivity index (χ1v) is 12.4. The summed E-state index contributed by atoms with van der Waals surface area (Å²) in [6.45, 7) is 5.72. The van der Waals surface area contributed by atoms with Crippen molar-refractivity contribution in [3.8, 4) is 5.69 Å². The van der Waals surface area contributed by atoms with Crippen LogP contribution in [-0.4, -0.2) is 47.8 Å². The average Bonchev–Trinajstić information content (AvgIpc) is 2.85. The van der Waals surface area contributed by atoms with Gasteiger partial charge in [0, 0.05) is 25.0 Å². The SMILES string of the molecule is Cc1nn(-c2c(Cl)cccc2Cl)c(=O)c2cnc(Nc3ccc4c(c3)CCN(C(=O)C(C)(C)O)C4)nc12. The number of aromatic nitrogens is 4. The van der Waals surface area contributed by atoms with E-state index >= 15 is 0 Å². The van der Waals surface area contributed by atoms with Gasteiger partial charge in [-0.2, -0.15) is 9.78 Å². The van der Waals surface area contributed by atoms with E-state index < -0.39 is 11.2 Å². The second kappa shape index (κ2) is 9.41. The van der Waals surface area contributed by atoms with Gasteiger partial charge in [0.05, 0.1) is 21.1 Å². The minimum absolute atomic E-state index is 0.287. The Bertz CT molecular complexity index is 1590. The van der Waals surface area contributed by atoms with Gasteiger partial charge in [-0.3, -0.25) is 9.59 Å². The predicted molar refractivity (Wildman–Crippen MR) is 143 cm³/mol. The number of nitrogens with zero attached hydrogens (tertiary/aromatic N) is 5. The zero-order chi connectivity index (χ0) is 26.5. The summed E-state index contributed by atoms with van der Waals surface area (Å²) in [5.74, 6) is 0.0321. The number of carbonyl (C=O) groups excluding carboxylic acids is 1. The molecule has 9 nitrogen and oxygen atoms in total. The third kappa shape index (κ3) is 4.77. The number of carbonyl (C=O) groups is 1. The molecule has 3 heterocycles. The Hall–Kier alpha value is -3.53. The number of fused-ring (bicyclic) bond motifs is 2. The maximum Gasteiger partial charge on any atom is 0.282 e. The van der Waals surface area contributed by atoms with E-state index in [4.69, 9.17) is 23.2 Å². The van der Waals surface area contributed by atoms with Gasteiger partial charge in [0.15, 0.2) is 0 Å². The summed E-state index contributed by atoms with van der Waals surface area (Å²) in [4.78, 5) is 36.2. The minimum Gasteiger partial charge on any atom is -0.381 e. The van der Waals surface area contributed by atoms with Gasteiger partial charge in [0.1, 0.15) is 16.8 Å². The molecule has 190 valence electrons. The van der Waals surface area contributed by atoms with Gasteiger partial charge >= 0.3 is 0 Å². The van der Waals surface area contributed by atoms with E-state index in [1.54, 1.807) is 30.0 Å². The molecule has 2 aromatic heterocycles. The van der Waals surface area contributed by atoms with Crippen LogP contribution in [0.2, 0.25) is 10.0 Å². The van der Waals surface area contributed by atoms with Crippen molar-refractivity contribution in [3.63, 3.8) is 0 Å². The Morgan fingerprint density at radius 1 is 1.14 bits per heavy atom. The number of amides is 1. The van der Waals surface area contributed by atoms with E-state index in [-0.39, 0.29) is 11.3 Å². The van der Waals surface area contributed by atoms with Crippen LogP contribution in [0.1, 0.15) is 30.7 Å². The molecule has 37 heavy (non-hydrogen) atoms. The van der Waals surface area contributed by atoms with Crippen molar-refractivity contribution < 1.29 is 9.90 Å². The highest BCUT2D eigenvalue weighted by Gasteiger charge is 2.31. The summed E-state index contributed by atoms with van der Waals surface area (Å²) in [5, 5.41) is 18.5. The van der Waals surface area contributed by atoms with Crippen LogP contribution in [0.25, 0.3) is 16.6 Å². The molecule has 11 heteroatoms. The minimum atomic E-state index is -1.40. The van der Waals surface area contributed by atoms with E-state index in [1.165, 1.54) is 24.7 Å². The lowest BCUT2D eigenvalue weighted by atomic mass is 9.97. The van der Waals surface area contributed by atoms with E-state index in [2.05, 4.69) is 20.4 Å². The van der Waals surface area contributed by atoms with Crippen molar-refractivity contribution in [1.29, 1.82) is 0 Å². The number of hydrogen-bond donors (Lipinski definition) is 2.